The van der Waals surface area contributed by atoms with Crippen molar-refractivity contribution in [3.05, 3.63) is 138 Å². The van der Waals surface area contributed by atoms with Crippen LogP contribution in [0.4, 0.5) is 5.69 Å². The number of allylic oxidation sites excluding steroid dienone is 2. The van der Waals surface area contributed by atoms with E-state index in [2.05, 4.69) is 10.6 Å². The molecule has 0 aliphatic heterocycles. The van der Waals surface area contributed by atoms with Crippen LogP contribution >= 0.6 is 0 Å². The van der Waals surface area contributed by atoms with Gasteiger partial charge >= 0.3 is 11.9 Å². The Balaban J connectivity index is 1.94. The molecule has 2 heterocycles. The number of carbonyl (C=O) groups excluding carboxylic acids is 2. The molecule has 0 aliphatic rings. The number of benzene rings is 2. The highest BCUT2D eigenvalue weighted by Gasteiger charge is 2.28. The lowest BCUT2D eigenvalue weighted by molar-refractivity contribution is 0.0516. The molecule has 0 amide bonds. The second-order valence-electron chi connectivity index (χ2n) is 9.40. The first-order valence-corrected chi connectivity index (χ1v) is 14.1. The molecule has 0 saturated carbocycles. The van der Waals surface area contributed by atoms with E-state index in [1.807, 2.05) is 0 Å². The second kappa shape index (κ2) is 14.7. The summed E-state index contributed by atoms with van der Waals surface area (Å²) in [4.78, 5) is 55.9. The van der Waals surface area contributed by atoms with Gasteiger partial charge in [-0.05, 0) is 56.3 Å². The average Bonchev–Trinajstić information content (AvgIpc) is 3.07. The van der Waals surface area contributed by atoms with Crippen molar-refractivity contribution < 1.29 is 29.3 Å². The van der Waals surface area contributed by atoms with Crippen LogP contribution in [-0.2, 0) is 9.47 Å². The molecular weight excluding hydrogens is 604 g/mol. The minimum atomic E-state index is -1.01. The van der Waals surface area contributed by atoms with Gasteiger partial charge in [0.15, 0.2) is 0 Å². The molecule has 4 rings (SSSR count). The van der Waals surface area contributed by atoms with E-state index in [-0.39, 0.29) is 35.7 Å². The largest absolute Gasteiger partial charge is 0.502 e. The first kappa shape index (κ1) is 33.0. The van der Waals surface area contributed by atoms with Crippen molar-refractivity contribution >= 4 is 29.8 Å². The zero-order valence-electron chi connectivity index (χ0n) is 25.1. The molecule has 2 aromatic carbocycles. The van der Waals surface area contributed by atoms with Gasteiger partial charge in [0, 0.05) is 0 Å². The van der Waals surface area contributed by atoms with Gasteiger partial charge in [0.25, 0.3) is 16.8 Å². The van der Waals surface area contributed by atoms with Crippen molar-refractivity contribution in [2.45, 2.75) is 13.8 Å². The number of aromatic nitrogens is 2. The summed E-state index contributed by atoms with van der Waals surface area (Å²) in [7, 11) is 0. The molecule has 0 spiro atoms. The number of nitrogens with zero attached hydrogens (tertiary/aromatic N) is 4. The molecule has 0 saturated heterocycles. The number of carbonyl (C=O) groups is 2. The molecule has 2 aromatic heterocycles. The predicted octanol–water partition coefficient (Wildman–Crippen LogP) is 5.06. The molecule has 234 valence electrons. The van der Waals surface area contributed by atoms with Gasteiger partial charge in [0.2, 0.25) is 11.8 Å². The normalized spacial score (nSPS) is 10.4. The molecule has 0 atom stereocenters. The number of ether oxygens (including phenoxy) is 2. The lowest BCUT2D eigenvalue weighted by Crippen LogP contribution is -2.26. The van der Waals surface area contributed by atoms with Crippen molar-refractivity contribution in [2.24, 2.45) is 0 Å². The Hall–Kier alpha value is -6.88. The van der Waals surface area contributed by atoms with Crippen LogP contribution in [0.15, 0.2) is 88.1 Å². The Labute approximate surface area is 268 Å². The van der Waals surface area contributed by atoms with Crippen molar-refractivity contribution in [2.75, 3.05) is 13.2 Å². The van der Waals surface area contributed by atoms with Crippen LogP contribution in [0.3, 0.4) is 0 Å². The Bertz CT molecular complexity index is 2160. The minimum absolute atomic E-state index is 0.0668. The molecular formula is C35H26N4O8. The number of nitriles is 1. The van der Waals surface area contributed by atoms with Crippen LogP contribution < -0.4 is 11.1 Å². The fraction of sp³-hybridized carbons (Fsp3) is 0.114. The molecule has 0 fully saturated rings. The number of hydrogen-bond donors (Lipinski definition) is 2. The smallest absolute Gasteiger partial charge is 0.340 e. The lowest BCUT2D eigenvalue weighted by Gasteiger charge is -2.15. The molecule has 4 aromatic rings. The molecule has 2 N–H and O–H groups in total. The zero-order valence-corrected chi connectivity index (χ0v) is 25.1. The summed E-state index contributed by atoms with van der Waals surface area (Å²) in [6.45, 7) is 10.6. The number of hydrogen-bond acceptors (Lipinski definition) is 9. The third-order valence-electron chi connectivity index (χ3n) is 6.65. The van der Waals surface area contributed by atoms with Gasteiger partial charge < -0.3 is 19.7 Å². The van der Waals surface area contributed by atoms with E-state index in [1.54, 1.807) is 49.4 Å². The first-order valence-electron chi connectivity index (χ1n) is 14.1. The summed E-state index contributed by atoms with van der Waals surface area (Å²) in [5.41, 5.74) is -1.09. The topological polar surface area (TPSA) is 165 Å². The van der Waals surface area contributed by atoms with Crippen molar-refractivity contribution in [1.29, 1.82) is 5.26 Å². The van der Waals surface area contributed by atoms with Crippen LogP contribution in [0.25, 0.3) is 28.4 Å². The van der Waals surface area contributed by atoms with Crippen LogP contribution in [0.5, 0.6) is 11.8 Å². The van der Waals surface area contributed by atoms with E-state index in [0.717, 1.165) is 15.2 Å². The van der Waals surface area contributed by atoms with E-state index in [1.165, 1.54) is 49.4 Å². The number of aromatic hydroxyl groups is 2. The highest BCUT2D eigenvalue weighted by molar-refractivity contribution is 6.01. The van der Waals surface area contributed by atoms with Crippen molar-refractivity contribution in [1.82, 2.24) is 9.13 Å². The van der Waals surface area contributed by atoms with Crippen molar-refractivity contribution in [3.8, 4) is 29.2 Å². The van der Waals surface area contributed by atoms with E-state index in [9.17, 15) is 34.7 Å². The lowest BCUT2D eigenvalue weighted by atomic mass is 10.0. The van der Waals surface area contributed by atoms with Crippen LogP contribution in [0.2, 0.25) is 0 Å². The average molecular weight is 631 g/mol. The van der Waals surface area contributed by atoms with Gasteiger partial charge in [0.1, 0.15) is 11.6 Å². The maximum absolute atomic E-state index is 13.6. The quantitative estimate of drug-likeness (QED) is 0.111. The van der Waals surface area contributed by atoms with Gasteiger partial charge in [-0.2, -0.15) is 5.26 Å². The number of esters is 2. The van der Waals surface area contributed by atoms with E-state index >= 15 is 0 Å². The SMILES string of the molecule is [C-]#[N+]c1c(C(=O)OCC)c(C=C=CC=Cc2c(C(=O)OCC)c(C#N)c(=O)n(-c3ccccc3)c2O)c(=O)n(-c2ccccc2)c1O. The third-order valence-corrected chi connectivity index (χ3v) is 6.65. The minimum Gasteiger partial charge on any atom is -0.502 e. The van der Waals surface area contributed by atoms with Gasteiger partial charge in [-0.15, -0.1) is 5.73 Å². The fourth-order valence-corrected chi connectivity index (χ4v) is 4.64. The highest BCUT2D eigenvalue weighted by Crippen LogP contribution is 2.34. The van der Waals surface area contributed by atoms with Gasteiger partial charge in [-0.25, -0.2) is 19.0 Å². The van der Waals surface area contributed by atoms with Gasteiger partial charge in [-0.1, -0.05) is 42.5 Å². The Kier molecular flexibility index (Phi) is 10.4. The highest BCUT2D eigenvalue weighted by atomic mass is 16.5. The molecule has 0 bridgehead atoms. The summed E-state index contributed by atoms with van der Waals surface area (Å²) in [6.07, 6.45) is 4.90. The molecule has 0 unspecified atom stereocenters. The van der Waals surface area contributed by atoms with Crippen LogP contribution in [0, 0.1) is 17.9 Å². The summed E-state index contributed by atoms with van der Waals surface area (Å²) >= 11 is 0. The van der Waals surface area contributed by atoms with Crippen LogP contribution in [-0.4, -0.2) is 44.5 Å². The standard InChI is InChI=1S/C35H26N4O8/c1-4-46-34(44)27-24(30(40)38(32(42)26(27)21-36)22-15-9-6-10-16-22)19-13-8-14-20-25-28(35(45)47-5-2)29(37-3)33(43)39(31(25)41)23-17-11-7-12-18-23/h6-13,15-20,40,43H,4-5H2,1-2H3. The molecule has 0 aliphatic carbocycles. The molecule has 0 radical (unpaired) electrons. The monoisotopic (exact) mass is 630 g/mol. The number of rotatable bonds is 9. The number of pyridine rings is 2. The van der Waals surface area contributed by atoms with Crippen LogP contribution in [0.1, 0.15) is 51.3 Å². The first-order chi connectivity index (χ1) is 22.7. The summed E-state index contributed by atoms with van der Waals surface area (Å²) in [6, 6.07) is 17.7. The Morgan fingerprint density at radius 2 is 1.38 bits per heavy atom. The van der Waals surface area contributed by atoms with Crippen molar-refractivity contribution in [3.63, 3.8) is 0 Å². The maximum atomic E-state index is 13.6. The van der Waals surface area contributed by atoms with E-state index < -0.39 is 57.2 Å². The van der Waals surface area contributed by atoms with Gasteiger partial charge in [0.05, 0.1) is 53.4 Å². The van der Waals surface area contributed by atoms with E-state index in [0.29, 0.717) is 0 Å². The second-order valence-corrected chi connectivity index (χ2v) is 9.40. The molecule has 47 heavy (non-hydrogen) atoms. The number of para-hydroxylation sites is 2. The Morgan fingerprint density at radius 3 is 1.89 bits per heavy atom. The summed E-state index contributed by atoms with van der Waals surface area (Å²) < 4.78 is 11.9. The predicted molar refractivity (Wildman–Crippen MR) is 172 cm³/mol. The molecule has 12 nitrogen and oxygen atoms in total. The summed E-state index contributed by atoms with van der Waals surface area (Å²) in [5.74, 6) is -3.41. The van der Waals surface area contributed by atoms with E-state index in [4.69, 9.17) is 16.0 Å². The zero-order chi connectivity index (χ0) is 34.1. The Morgan fingerprint density at radius 1 is 0.851 bits per heavy atom. The molecule has 12 heteroatoms. The maximum Gasteiger partial charge on any atom is 0.340 e. The third kappa shape index (κ3) is 6.49. The van der Waals surface area contributed by atoms with Gasteiger partial charge in [-0.3, -0.25) is 14.2 Å². The summed E-state index contributed by atoms with van der Waals surface area (Å²) in [5, 5.41) is 31.9. The fourth-order valence-electron chi connectivity index (χ4n) is 4.64.